The van der Waals surface area contributed by atoms with E-state index < -0.39 is 6.04 Å². The molecule has 24 heavy (non-hydrogen) atoms. The standard InChI is InChI=1S/C19H22N2O3/c1-3-24-19(23)17(12-14-8-5-4-6-9-14)21-16-11-7-10-15(13-16)18(22)20-2/h4-11,13,17,21H,3,12H2,1-2H3,(H,20,22)/t17-/m1/s1. The van der Waals surface area contributed by atoms with Crippen molar-refractivity contribution in [3.8, 4) is 0 Å². The molecule has 1 atom stereocenters. The largest absolute Gasteiger partial charge is 0.464 e. The van der Waals surface area contributed by atoms with Crippen LogP contribution in [0, 0.1) is 0 Å². The molecule has 0 saturated carbocycles. The van der Waals surface area contributed by atoms with Crippen LogP contribution in [0.3, 0.4) is 0 Å². The number of rotatable bonds is 7. The first-order valence-corrected chi connectivity index (χ1v) is 7.93. The fourth-order valence-corrected chi connectivity index (χ4v) is 2.38. The van der Waals surface area contributed by atoms with Crippen molar-refractivity contribution in [1.82, 2.24) is 5.32 Å². The summed E-state index contributed by atoms with van der Waals surface area (Å²) in [5.41, 5.74) is 2.26. The van der Waals surface area contributed by atoms with E-state index in [9.17, 15) is 9.59 Å². The molecule has 0 fully saturated rings. The molecule has 126 valence electrons. The highest BCUT2D eigenvalue weighted by Crippen LogP contribution is 2.15. The Morgan fingerprint density at radius 2 is 1.83 bits per heavy atom. The molecule has 5 nitrogen and oxygen atoms in total. The number of ether oxygens (including phenoxy) is 1. The van der Waals surface area contributed by atoms with E-state index in [4.69, 9.17) is 4.74 Å². The first-order valence-electron chi connectivity index (χ1n) is 7.93. The molecule has 0 heterocycles. The summed E-state index contributed by atoms with van der Waals surface area (Å²) < 4.78 is 5.17. The first-order chi connectivity index (χ1) is 11.6. The molecule has 0 aliphatic heterocycles. The molecule has 5 heteroatoms. The van der Waals surface area contributed by atoms with Gasteiger partial charge in [-0.3, -0.25) is 4.79 Å². The van der Waals surface area contributed by atoms with Gasteiger partial charge in [0, 0.05) is 24.7 Å². The van der Waals surface area contributed by atoms with Gasteiger partial charge >= 0.3 is 5.97 Å². The van der Waals surface area contributed by atoms with Crippen molar-refractivity contribution in [3.05, 3.63) is 65.7 Å². The zero-order chi connectivity index (χ0) is 17.4. The molecule has 0 spiro atoms. The monoisotopic (exact) mass is 326 g/mol. The summed E-state index contributed by atoms with van der Waals surface area (Å²) in [6.45, 7) is 2.10. The van der Waals surface area contributed by atoms with E-state index in [0.29, 0.717) is 24.3 Å². The molecule has 2 aromatic carbocycles. The lowest BCUT2D eigenvalue weighted by atomic mass is 10.1. The molecule has 0 saturated heterocycles. The van der Waals surface area contributed by atoms with E-state index in [-0.39, 0.29) is 11.9 Å². The predicted molar refractivity (Wildman–Crippen MR) is 94.0 cm³/mol. The van der Waals surface area contributed by atoms with Crippen LogP contribution in [0.2, 0.25) is 0 Å². The van der Waals surface area contributed by atoms with Gasteiger partial charge in [0.2, 0.25) is 0 Å². The second-order valence-electron chi connectivity index (χ2n) is 5.30. The van der Waals surface area contributed by atoms with Crippen LogP contribution in [0.5, 0.6) is 0 Å². The zero-order valence-corrected chi connectivity index (χ0v) is 13.9. The SMILES string of the molecule is CCOC(=O)[C@@H](Cc1ccccc1)Nc1cccc(C(=O)NC)c1. The number of carbonyl (C=O) groups excluding carboxylic acids is 2. The maximum atomic E-state index is 12.3. The molecule has 0 radical (unpaired) electrons. The molecule has 0 aliphatic carbocycles. The third kappa shape index (κ3) is 4.84. The van der Waals surface area contributed by atoms with Crippen molar-refractivity contribution in [1.29, 1.82) is 0 Å². The minimum atomic E-state index is -0.521. The Labute approximate surface area is 142 Å². The van der Waals surface area contributed by atoms with Crippen molar-refractivity contribution in [2.75, 3.05) is 19.0 Å². The van der Waals surface area contributed by atoms with E-state index in [1.54, 1.807) is 32.2 Å². The van der Waals surface area contributed by atoms with Crippen LogP contribution in [0.1, 0.15) is 22.8 Å². The third-order valence-electron chi connectivity index (χ3n) is 3.55. The van der Waals surface area contributed by atoms with Gasteiger partial charge in [-0.1, -0.05) is 36.4 Å². The molecule has 0 aromatic heterocycles. The lowest BCUT2D eigenvalue weighted by molar-refractivity contribution is -0.144. The molecule has 0 bridgehead atoms. The Balaban J connectivity index is 2.18. The molecule has 1 amide bonds. The average Bonchev–Trinajstić information content (AvgIpc) is 2.62. The first kappa shape index (κ1) is 17.5. The van der Waals surface area contributed by atoms with Crippen LogP contribution >= 0.6 is 0 Å². The second-order valence-corrected chi connectivity index (χ2v) is 5.30. The highest BCUT2D eigenvalue weighted by Gasteiger charge is 2.20. The number of amides is 1. The van der Waals surface area contributed by atoms with Crippen molar-refractivity contribution >= 4 is 17.6 Å². The average molecular weight is 326 g/mol. The summed E-state index contributed by atoms with van der Waals surface area (Å²) in [5.74, 6) is -0.485. The Morgan fingerprint density at radius 3 is 2.50 bits per heavy atom. The Kier molecular flexibility index (Phi) is 6.37. The van der Waals surface area contributed by atoms with Gasteiger partial charge in [0.15, 0.2) is 0 Å². The van der Waals surface area contributed by atoms with Crippen LogP contribution in [-0.2, 0) is 16.0 Å². The van der Waals surface area contributed by atoms with Gasteiger partial charge < -0.3 is 15.4 Å². The maximum Gasteiger partial charge on any atom is 0.328 e. The maximum absolute atomic E-state index is 12.3. The summed E-state index contributed by atoms with van der Waals surface area (Å²) in [7, 11) is 1.58. The quantitative estimate of drug-likeness (QED) is 0.768. The number of hydrogen-bond donors (Lipinski definition) is 2. The number of benzene rings is 2. The smallest absolute Gasteiger partial charge is 0.328 e. The van der Waals surface area contributed by atoms with Crippen LogP contribution in [-0.4, -0.2) is 31.6 Å². The van der Waals surface area contributed by atoms with Crippen molar-refractivity contribution in [2.24, 2.45) is 0 Å². The van der Waals surface area contributed by atoms with E-state index in [1.165, 1.54) is 0 Å². The highest BCUT2D eigenvalue weighted by molar-refractivity contribution is 5.95. The lowest BCUT2D eigenvalue weighted by Gasteiger charge is -2.19. The number of nitrogens with one attached hydrogen (secondary N) is 2. The van der Waals surface area contributed by atoms with Gasteiger partial charge in [-0.15, -0.1) is 0 Å². The zero-order valence-electron chi connectivity index (χ0n) is 13.9. The van der Waals surface area contributed by atoms with Crippen molar-refractivity contribution < 1.29 is 14.3 Å². The van der Waals surface area contributed by atoms with Gasteiger partial charge in [-0.25, -0.2) is 4.79 Å². The van der Waals surface area contributed by atoms with Crippen LogP contribution in [0.4, 0.5) is 5.69 Å². The molecular weight excluding hydrogens is 304 g/mol. The normalized spacial score (nSPS) is 11.4. The van der Waals surface area contributed by atoms with Crippen LogP contribution < -0.4 is 10.6 Å². The number of anilines is 1. The van der Waals surface area contributed by atoms with Crippen LogP contribution in [0.15, 0.2) is 54.6 Å². The van der Waals surface area contributed by atoms with E-state index in [0.717, 1.165) is 5.56 Å². The number of hydrogen-bond acceptors (Lipinski definition) is 4. The minimum absolute atomic E-state index is 0.172. The topological polar surface area (TPSA) is 67.4 Å². The second kappa shape index (κ2) is 8.72. The van der Waals surface area contributed by atoms with E-state index in [1.807, 2.05) is 36.4 Å². The number of carbonyl (C=O) groups is 2. The Bertz CT molecular complexity index is 686. The predicted octanol–water partition coefficient (Wildman–Crippen LogP) is 2.63. The van der Waals surface area contributed by atoms with Gasteiger partial charge in [-0.2, -0.15) is 0 Å². The van der Waals surface area contributed by atoms with Gasteiger partial charge in [-0.05, 0) is 30.7 Å². The Morgan fingerprint density at radius 1 is 1.08 bits per heavy atom. The molecule has 0 aliphatic rings. The summed E-state index contributed by atoms with van der Waals surface area (Å²) in [6, 6.07) is 16.3. The van der Waals surface area contributed by atoms with E-state index >= 15 is 0 Å². The number of esters is 1. The lowest BCUT2D eigenvalue weighted by Crippen LogP contribution is -2.33. The van der Waals surface area contributed by atoms with Gasteiger partial charge in [0.1, 0.15) is 6.04 Å². The van der Waals surface area contributed by atoms with Crippen LogP contribution in [0.25, 0.3) is 0 Å². The summed E-state index contributed by atoms with van der Waals surface area (Å²) >= 11 is 0. The van der Waals surface area contributed by atoms with Crippen molar-refractivity contribution in [2.45, 2.75) is 19.4 Å². The molecule has 0 unspecified atom stereocenters. The fraction of sp³-hybridized carbons (Fsp3) is 0.263. The Hall–Kier alpha value is -2.82. The molecular formula is C19H22N2O3. The molecule has 2 N–H and O–H groups in total. The van der Waals surface area contributed by atoms with Gasteiger partial charge in [0.05, 0.1) is 6.61 Å². The molecule has 2 rings (SSSR count). The van der Waals surface area contributed by atoms with Gasteiger partial charge in [0.25, 0.3) is 5.91 Å². The summed E-state index contributed by atoms with van der Waals surface area (Å²) in [6.07, 6.45) is 0.504. The highest BCUT2D eigenvalue weighted by atomic mass is 16.5. The minimum Gasteiger partial charge on any atom is -0.464 e. The summed E-state index contributed by atoms with van der Waals surface area (Å²) in [4.78, 5) is 24.0. The van der Waals surface area contributed by atoms with Crippen molar-refractivity contribution in [3.63, 3.8) is 0 Å². The fourth-order valence-electron chi connectivity index (χ4n) is 2.38. The summed E-state index contributed by atoms with van der Waals surface area (Å²) in [5, 5.41) is 5.76. The molecule has 2 aromatic rings. The van der Waals surface area contributed by atoms with E-state index in [2.05, 4.69) is 10.6 Å². The third-order valence-corrected chi connectivity index (χ3v) is 3.55.